The maximum absolute atomic E-state index is 11.1. The van der Waals surface area contributed by atoms with Gasteiger partial charge in [-0.05, 0) is 25.1 Å². The van der Waals surface area contributed by atoms with Crippen LogP contribution in [0.15, 0.2) is 18.2 Å². The second-order valence-electron chi connectivity index (χ2n) is 2.49. The topological polar surface area (TPSA) is 72.5 Å². The number of anilines is 1. The van der Waals surface area contributed by atoms with Crippen molar-refractivity contribution in [3.63, 3.8) is 0 Å². The number of phenolic OH excluding ortho intramolecular Hbond substituents is 1. The average molecular weight is 218 g/mol. The van der Waals surface area contributed by atoms with Gasteiger partial charge in [0.05, 0.1) is 17.9 Å². The molecule has 0 heterocycles. The first-order valence-corrected chi connectivity index (χ1v) is 3.90. The number of phenols is 1. The second-order valence-corrected chi connectivity index (χ2v) is 2.49. The number of hydrogen-bond acceptors (Lipinski definition) is 4. The van der Waals surface area contributed by atoms with E-state index in [0.717, 1.165) is 0 Å². The molecule has 14 heavy (non-hydrogen) atoms. The zero-order valence-electron chi connectivity index (χ0n) is 7.69. The van der Waals surface area contributed by atoms with E-state index in [0.29, 0.717) is 12.2 Å². The fraction of sp³-hybridized carbons (Fsp3) is 0.222. The summed E-state index contributed by atoms with van der Waals surface area (Å²) in [5.74, 6) is -0.470. The number of nitrogens with two attached hydrogens (primary N) is 1. The van der Waals surface area contributed by atoms with Crippen molar-refractivity contribution in [1.29, 1.82) is 0 Å². The summed E-state index contributed by atoms with van der Waals surface area (Å²) in [4.78, 5) is 11.1. The number of carbonyl (C=O) groups excluding carboxylic acids is 1. The van der Waals surface area contributed by atoms with Gasteiger partial charge in [0.15, 0.2) is 0 Å². The molecular weight excluding hydrogens is 206 g/mol. The van der Waals surface area contributed by atoms with Crippen LogP contribution in [0.4, 0.5) is 5.69 Å². The first-order valence-electron chi connectivity index (χ1n) is 3.90. The molecule has 0 saturated carbocycles. The van der Waals surface area contributed by atoms with Crippen molar-refractivity contribution in [3.05, 3.63) is 23.8 Å². The van der Waals surface area contributed by atoms with E-state index < -0.39 is 5.97 Å². The molecule has 1 aromatic carbocycles. The highest BCUT2D eigenvalue weighted by atomic mass is 35.5. The summed E-state index contributed by atoms with van der Waals surface area (Å²) in [5, 5.41) is 9.08. The van der Waals surface area contributed by atoms with Crippen molar-refractivity contribution >= 4 is 24.1 Å². The SMILES string of the molecule is CCOC(=O)c1ccc(O)c(N)c1.Cl. The molecular formula is C9H12ClNO3. The summed E-state index contributed by atoms with van der Waals surface area (Å²) in [6.07, 6.45) is 0. The third kappa shape index (κ3) is 2.81. The Morgan fingerprint density at radius 3 is 2.71 bits per heavy atom. The molecule has 0 bridgehead atoms. The number of ether oxygens (including phenoxy) is 1. The van der Waals surface area contributed by atoms with Crippen LogP contribution in [0, 0.1) is 0 Å². The van der Waals surface area contributed by atoms with Gasteiger partial charge in [0.2, 0.25) is 0 Å². The summed E-state index contributed by atoms with van der Waals surface area (Å²) in [5.41, 5.74) is 5.91. The Morgan fingerprint density at radius 1 is 1.57 bits per heavy atom. The maximum Gasteiger partial charge on any atom is 0.338 e. The van der Waals surface area contributed by atoms with Crippen molar-refractivity contribution in [2.45, 2.75) is 6.92 Å². The molecule has 0 fully saturated rings. The van der Waals surface area contributed by atoms with Gasteiger partial charge in [0, 0.05) is 0 Å². The van der Waals surface area contributed by atoms with E-state index in [2.05, 4.69) is 0 Å². The van der Waals surface area contributed by atoms with Gasteiger partial charge in [-0.25, -0.2) is 4.79 Å². The average Bonchev–Trinajstić information content (AvgIpc) is 2.10. The number of benzene rings is 1. The number of halogens is 1. The van der Waals surface area contributed by atoms with Crippen LogP contribution in [-0.4, -0.2) is 17.7 Å². The van der Waals surface area contributed by atoms with E-state index in [1.54, 1.807) is 6.92 Å². The number of rotatable bonds is 2. The number of aromatic hydroxyl groups is 1. The van der Waals surface area contributed by atoms with Gasteiger partial charge in [-0.1, -0.05) is 0 Å². The van der Waals surface area contributed by atoms with Crippen LogP contribution >= 0.6 is 12.4 Å². The number of hydrogen-bond donors (Lipinski definition) is 2. The van der Waals surface area contributed by atoms with E-state index in [-0.39, 0.29) is 23.8 Å². The standard InChI is InChI=1S/C9H11NO3.ClH/c1-2-13-9(12)6-3-4-8(11)7(10)5-6;/h3-5,11H,2,10H2,1H3;1H. The molecule has 0 spiro atoms. The van der Waals surface area contributed by atoms with Crippen LogP contribution in [0.2, 0.25) is 0 Å². The largest absolute Gasteiger partial charge is 0.506 e. The van der Waals surface area contributed by atoms with Crippen molar-refractivity contribution in [3.8, 4) is 5.75 Å². The highest BCUT2D eigenvalue weighted by molar-refractivity contribution is 5.90. The first-order chi connectivity index (χ1) is 6.15. The fourth-order valence-electron chi connectivity index (χ4n) is 0.896. The van der Waals surface area contributed by atoms with Crippen molar-refractivity contribution in [1.82, 2.24) is 0 Å². The van der Waals surface area contributed by atoms with E-state index in [1.807, 2.05) is 0 Å². The predicted molar refractivity (Wildman–Crippen MR) is 55.7 cm³/mol. The Morgan fingerprint density at radius 2 is 2.21 bits per heavy atom. The Kier molecular flexibility index (Phi) is 4.80. The maximum atomic E-state index is 11.1. The van der Waals surface area contributed by atoms with Crippen LogP contribution < -0.4 is 5.73 Å². The predicted octanol–water partition coefficient (Wildman–Crippen LogP) is 1.57. The van der Waals surface area contributed by atoms with Gasteiger partial charge in [-0.3, -0.25) is 0 Å². The van der Waals surface area contributed by atoms with E-state index in [9.17, 15) is 4.79 Å². The third-order valence-corrected chi connectivity index (χ3v) is 1.54. The lowest BCUT2D eigenvalue weighted by Crippen LogP contribution is -2.04. The lowest BCUT2D eigenvalue weighted by molar-refractivity contribution is 0.0526. The smallest absolute Gasteiger partial charge is 0.338 e. The summed E-state index contributed by atoms with van der Waals surface area (Å²) in [6, 6.07) is 4.21. The van der Waals surface area contributed by atoms with E-state index in [1.165, 1.54) is 18.2 Å². The minimum Gasteiger partial charge on any atom is -0.506 e. The third-order valence-electron chi connectivity index (χ3n) is 1.54. The molecule has 0 aromatic heterocycles. The minimum atomic E-state index is -0.436. The molecule has 78 valence electrons. The van der Waals surface area contributed by atoms with Gasteiger partial charge in [-0.2, -0.15) is 0 Å². The quantitative estimate of drug-likeness (QED) is 0.448. The summed E-state index contributed by atoms with van der Waals surface area (Å²) >= 11 is 0. The Balaban J connectivity index is 0.00000169. The van der Waals surface area contributed by atoms with Crippen LogP contribution in [0.5, 0.6) is 5.75 Å². The normalized spacial score (nSPS) is 8.93. The highest BCUT2D eigenvalue weighted by Crippen LogP contribution is 2.20. The molecule has 0 aliphatic heterocycles. The minimum absolute atomic E-state index is 0. The van der Waals surface area contributed by atoms with Gasteiger partial charge in [0.1, 0.15) is 5.75 Å². The van der Waals surface area contributed by atoms with Crippen molar-refractivity contribution in [2.75, 3.05) is 12.3 Å². The summed E-state index contributed by atoms with van der Waals surface area (Å²) in [7, 11) is 0. The van der Waals surface area contributed by atoms with Gasteiger partial charge < -0.3 is 15.6 Å². The molecule has 5 heteroatoms. The zero-order valence-corrected chi connectivity index (χ0v) is 8.50. The summed E-state index contributed by atoms with van der Waals surface area (Å²) < 4.78 is 4.75. The molecule has 0 atom stereocenters. The van der Waals surface area contributed by atoms with Crippen molar-refractivity contribution in [2.24, 2.45) is 0 Å². The number of esters is 1. The molecule has 3 N–H and O–H groups in total. The van der Waals surface area contributed by atoms with E-state index in [4.69, 9.17) is 15.6 Å². The Labute approximate surface area is 88.1 Å². The Bertz CT molecular complexity index is 328. The molecule has 0 radical (unpaired) electrons. The first kappa shape index (κ1) is 12.6. The lowest BCUT2D eigenvalue weighted by atomic mass is 10.2. The summed E-state index contributed by atoms with van der Waals surface area (Å²) in [6.45, 7) is 2.04. The van der Waals surface area contributed by atoms with E-state index >= 15 is 0 Å². The molecule has 0 saturated heterocycles. The molecule has 0 aliphatic carbocycles. The molecule has 0 unspecified atom stereocenters. The number of nitrogen functional groups attached to an aromatic ring is 1. The van der Waals surface area contributed by atoms with Gasteiger partial charge in [0.25, 0.3) is 0 Å². The number of carbonyl (C=O) groups is 1. The van der Waals surface area contributed by atoms with Crippen LogP contribution in [0.25, 0.3) is 0 Å². The molecule has 0 amide bonds. The monoisotopic (exact) mass is 217 g/mol. The second kappa shape index (κ2) is 5.34. The highest BCUT2D eigenvalue weighted by Gasteiger charge is 2.07. The van der Waals surface area contributed by atoms with Crippen LogP contribution in [-0.2, 0) is 4.74 Å². The molecule has 1 rings (SSSR count). The van der Waals surface area contributed by atoms with Crippen molar-refractivity contribution < 1.29 is 14.6 Å². The molecule has 1 aromatic rings. The zero-order chi connectivity index (χ0) is 9.84. The van der Waals surface area contributed by atoms with Gasteiger partial charge in [-0.15, -0.1) is 12.4 Å². The van der Waals surface area contributed by atoms with Crippen LogP contribution in [0.3, 0.4) is 0 Å². The van der Waals surface area contributed by atoms with Gasteiger partial charge >= 0.3 is 5.97 Å². The Hall–Kier alpha value is -1.42. The lowest BCUT2D eigenvalue weighted by Gasteiger charge is -2.03. The van der Waals surface area contributed by atoms with Crippen LogP contribution in [0.1, 0.15) is 17.3 Å². The molecule has 0 aliphatic rings. The fourth-order valence-corrected chi connectivity index (χ4v) is 0.896. The molecule has 4 nitrogen and oxygen atoms in total.